The number of hydrogen-bond acceptors (Lipinski definition) is 2. The smallest absolute Gasteiger partial charge is 0.123 e. The summed E-state index contributed by atoms with van der Waals surface area (Å²) in [6.45, 7) is 2.28. The predicted octanol–water partition coefficient (Wildman–Crippen LogP) is 3.81. The molecule has 1 aliphatic heterocycles. The molecular formula is C11H13BrOS. The van der Waals surface area contributed by atoms with E-state index in [0.717, 1.165) is 10.2 Å². The van der Waals surface area contributed by atoms with Crippen molar-refractivity contribution in [2.45, 2.75) is 18.1 Å². The van der Waals surface area contributed by atoms with Gasteiger partial charge >= 0.3 is 0 Å². The Kier molecular flexibility index (Phi) is 2.80. The van der Waals surface area contributed by atoms with Crippen molar-refractivity contribution in [1.29, 1.82) is 0 Å². The Labute approximate surface area is 97.4 Å². The lowest BCUT2D eigenvalue weighted by Crippen LogP contribution is -2.28. The Morgan fingerprint density at radius 3 is 2.71 bits per heavy atom. The van der Waals surface area contributed by atoms with Gasteiger partial charge in [-0.3, -0.25) is 0 Å². The molecule has 1 aromatic carbocycles. The summed E-state index contributed by atoms with van der Waals surface area (Å²) in [7, 11) is 1.74. The fourth-order valence-corrected chi connectivity index (χ4v) is 3.21. The van der Waals surface area contributed by atoms with Crippen molar-refractivity contribution in [2.75, 3.05) is 12.9 Å². The first-order chi connectivity index (χ1) is 6.65. The maximum atomic E-state index is 5.39. The zero-order valence-corrected chi connectivity index (χ0v) is 10.7. The molecule has 14 heavy (non-hydrogen) atoms. The highest BCUT2D eigenvalue weighted by Crippen LogP contribution is 2.51. The van der Waals surface area contributed by atoms with Crippen LogP contribution < -0.4 is 4.74 Å². The monoisotopic (exact) mass is 272 g/mol. The number of methoxy groups -OCH3 is 1. The Morgan fingerprint density at radius 2 is 2.21 bits per heavy atom. The molecule has 1 atom stereocenters. The molecule has 0 N–H and O–H groups in total. The van der Waals surface area contributed by atoms with Crippen molar-refractivity contribution < 1.29 is 4.74 Å². The van der Waals surface area contributed by atoms with Gasteiger partial charge < -0.3 is 4.74 Å². The largest absolute Gasteiger partial charge is 0.496 e. The van der Waals surface area contributed by atoms with Crippen LogP contribution >= 0.6 is 27.7 Å². The van der Waals surface area contributed by atoms with Gasteiger partial charge in [0.1, 0.15) is 5.75 Å². The summed E-state index contributed by atoms with van der Waals surface area (Å²) < 4.78 is 6.77. The number of hydrogen-bond donors (Lipinski definition) is 0. The summed E-state index contributed by atoms with van der Waals surface area (Å²) in [5, 5.41) is 0. The predicted molar refractivity (Wildman–Crippen MR) is 65.1 cm³/mol. The van der Waals surface area contributed by atoms with Crippen LogP contribution in [-0.2, 0) is 4.75 Å². The molecule has 0 amide bonds. The van der Waals surface area contributed by atoms with Crippen molar-refractivity contribution in [3.63, 3.8) is 0 Å². The number of halogens is 1. The molecule has 0 bridgehead atoms. The minimum absolute atomic E-state index is 0.259. The zero-order chi connectivity index (χ0) is 10.2. The second-order valence-corrected chi connectivity index (χ2v) is 6.19. The van der Waals surface area contributed by atoms with E-state index >= 15 is 0 Å². The van der Waals surface area contributed by atoms with Crippen molar-refractivity contribution >= 4 is 27.7 Å². The highest BCUT2D eigenvalue weighted by atomic mass is 79.9. The minimum atomic E-state index is 0.259. The standard InChI is InChI=1S/C11H13BrOS/c1-11(5-6-14-11)9-7-8(12)3-4-10(9)13-2/h3-4,7H,5-6H2,1-2H3. The Bertz CT molecular complexity index is 347. The number of ether oxygens (including phenoxy) is 1. The van der Waals surface area contributed by atoms with E-state index in [1.165, 1.54) is 17.7 Å². The summed E-state index contributed by atoms with van der Waals surface area (Å²) in [5.74, 6) is 2.26. The van der Waals surface area contributed by atoms with E-state index in [4.69, 9.17) is 4.74 Å². The van der Waals surface area contributed by atoms with Crippen LogP contribution in [0.2, 0.25) is 0 Å². The molecule has 0 spiro atoms. The Hall–Kier alpha value is -0.150. The highest BCUT2D eigenvalue weighted by Gasteiger charge is 2.36. The highest BCUT2D eigenvalue weighted by molar-refractivity contribution is 9.10. The van der Waals surface area contributed by atoms with Gasteiger partial charge in [0.05, 0.1) is 7.11 Å². The van der Waals surface area contributed by atoms with E-state index in [9.17, 15) is 0 Å². The molecule has 0 aliphatic carbocycles. The van der Waals surface area contributed by atoms with Crippen LogP contribution in [0.3, 0.4) is 0 Å². The fourth-order valence-electron chi connectivity index (χ4n) is 1.71. The molecule has 1 heterocycles. The molecule has 0 radical (unpaired) electrons. The van der Waals surface area contributed by atoms with Crippen LogP contribution in [0.25, 0.3) is 0 Å². The van der Waals surface area contributed by atoms with Gasteiger partial charge in [-0.1, -0.05) is 15.9 Å². The first-order valence-corrected chi connectivity index (χ1v) is 6.41. The first-order valence-electron chi connectivity index (χ1n) is 4.64. The van der Waals surface area contributed by atoms with E-state index in [-0.39, 0.29) is 4.75 Å². The lowest BCUT2D eigenvalue weighted by Gasteiger charge is -2.39. The van der Waals surface area contributed by atoms with Gasteiger partial charge in [0.2, 0.25) is 0 Å². The van der Waals surface area contributed by atoms with Gasteiger partial charge in [0.25, 0.3) is 0 Å². The molecule has 1 nitrogen and oxygen atoms in total. The zero-order valence-electron chi connectivity index (χ0n) is 8.34. The third-order valence-electron chi connectivity index (χ3n) is 2.73. The van der Waals surface area contributed by atoms with Crippen LogP contribution in [0, 0.1) is 0 Å². The van der Waals surface area contributed by atoms with Gasteiger partial charge in [0, 0.05) is 14.8 Å². The Morgan fingerprint density at radius 1 is 1.50 bits per heavy atom. The van der Waals surface area contributed by atoms with E-state index in [1.807, 2.05) is 23.9 Å². The third kappa shape index (κ3) is 1.68. The molecule has 1 aromatic rings. The third-order valence-corrected chi connectivity index (χ3v) is 4.69. The second-order valence-electron chi connectivity index (χ2n) is 3.67. The summed E-state index contributed by atoms with van der Waals surface area (Å²) >= 11 is 5.50. The molecule has 2 rings (SSSR count). The quantitative estimate of drug-likeness (QED) is 0.810. The second kappa shape index (κ2) is 3.78. The average molecular weight is 273 g/mol. The lowest BCUT2D eigenvalue weighted by molar-refractivity contribution is 0.401. The van der Waals surface area contributed by atoms with E-state index in [1.54, 1.807) is 7.11 Å². The van der Waals surface area contributed by atoms with Crippen LogP contribution in [-0.4, -0.2) is 12.9 Å². The van der Waals surface area contributed by atoms with Crippen LogP contribution in [0.1, 0.15) is 18.9 Å². The average Bonchev–Trinajstić information content (AvgIpc) is 2.14. The van der Waals surface area contributed by atoms with Gasteiger partial charge in [-0.15, -0.1) is 0 Å². The molecule has 0 aromatic heterocycles. The SMILES string of the molecule is COc1ccc(Br)cc1C1(C)CCS1. The van der Waals surface area contributed by atoms with Gasteiger partial charge in [0.15, 0.2) is 0 Å². The van der Waals surface area contributed by atoms with Crippen LogP contribution in [0.5, 0.6) is 5.75 Å². The van der Waals surface area contributed by atoms with Gasteiger partial charge in [-0.05, 0) is 37.3 Å². The maximum Gasteiger partial charge on any atom is 0.123 e. The number of benzene rings is 1. The van der Waals surface area contributed by atoms with E-state index < -0.39 is 0 Å². The van der Waals surface area contributed by atoms with Crippen LogP contribution in [0.4, 0.5) is 0 Å². The molecule has 0 saturated carbocycles. The summed E-state index contributed by atoms with van der Waals surface area (Å²) in [6.07, 6.45) is 1.24. The van der Waals surface area contributed by atoms with Gasteiger partial charge in [-0.2, -0.15) is 11.8 Å². The fraction of sp³-hybridized carbons (Fsp3) is 0.455. The summed E-state index contributed by atoms with van der Waals surface area (Å²) in [5.41, 5.74) is 1.31. The minimum Gasteiger partial charge on any atom is -0.496 e. The summed E-state index contributed by atoms with van der Waals surface area (Å²) in [6, 6.07) is 6.23. The van der Waals surface area contributed by atoms with E-state index in [2.05, 4.69) is 28.9 Å². The molecular weight excluding hydrogens is 260 g/mol. The molecule has 76 valence electrons. The maximum absolute atomic E-state index is 5.39. The molecule has 1 aliphatic rings. The van der Waals surface area contributed by atoms with Crippen LogP contribution in [0.15, 0.2) is 22.7 Å². The van der Waals surface area contributed by atoms with Crippen molar-refractivity contribution in [1.82, 2.24) is 0 Å². The van der Waals surface area contributed by atoms with E-state index in [0.29, 0.717) is 0 Å². The Balaban J connectivity index is 2.43. The number of rotatable bonds is 2. The molecule has 1 fully saturated rings. The van der Waals surface area contributed by atoms with Crippen molar-refractivity contribution in [3.8, 4) is 5.75 Å². The van der Waals surface area contributed by atoms with Gasteiger partial charge in [-0.25, -0.2) is 0 Å². The summed E-state index contributed by atoms with van der Waals surface area (Å²) in [4.78, 5) is 0. The van der Waals surface area contributed by atoms with Crippen molar-refractivity contribution in [2.24, 2.45) is 0 Å². The topological polar surface area (TPSA) is 9.23 Å². The molecule has 1 saturated heterocycles. The molecule has 3 heteroatoms. The van der Waals surface area contributed by atoms with Crippen molar-refractivity contribution in [3.05, 3.63) is 28.2 Å². The normalized spacial score (nSPS) is 25.6. The number of thioether (sulfide) groups is 1. The molecule has 1 unspecified atom stereocenters. The lowest BCUT2D eigenvalue weighted by atomic mass is 9.95. The first kappa shape index (κ1) is 10.4.